The van der Waals surface area contributed by atoms with Crippen molar-refractivity contribution in [2.75, 3.05) is 5.32 Å². The third-order valence-electron chi connectivity index (χ3n) is 2.87. The van der Waals surface area contributed by atoms with Gasteiger partial charge in [-0.3, -0.25) is 14.9 Å². The van der Waals surface area contributed by atoms with Gasteiger partial charge in [-0.25, -0.2) is 4.98 Å². The number of carbonyl (C=O) groups is 1. The van der Waals surface area contributed by atoms with Crippen LogP contribution in [0.25, 0.3) is 6.08 Å². The molecule has 0 fully saturated rings. The molecule has 23 heavy (non-hydrogen) atoms. The van der Waals surface area contributed by atoms with Gasteiger partial charge in [0.2, 0.25) is 5.91 Å². The average molecular weight is 397 g/mol. The number of amides is 1. The molecule has 2 aromatic rings. The Bertz CT molecular complexity index is 809. The number of benzene rings is 1. The predicted molar refractivity (Wildman–Crippen MR) is 92.4 cm³/mol. The zero-order valence-corrected chi connectivity index (χ0v) is 14.3. The Morgan fingerprint density at radius 3 is 2.78 bits per heavy atom. The van der Waals surface area contributed by atoms with Crippen molar-refractivity contribution < 1.29 is 9.72 Å². The fraction of sp³-hybridized carbons (Fsp3) is 0.0667. The Hall–Kier alpha value is -2.25. The Kier molecular flexibility index (Phi) is 5.46. The number of nitro benzene ring substituents is 1. The van der Waals surface area contributed by atoms with Gasteiger partial charge in [-0.2, -0.15) is 0 Å². The topological polar surface area (TPSA) is 85.1 Å². The normalized spacial score (nSPS) is 10.7. The molecule has 118 valence electrons. The van der Waals surface area contributed by atoms with E-state index in [1.54, 1.807) is 18.2 Å². The van der Waals surface area contributed by atoms with Gasteiger partial charge >= 0.3 is 0 Å². The number of halogens is 2. The smallest absolute Gasteiger partial charge is 0.288 e. The van der Waals surface area contributed by atoms with Crippen LogP contribution in [-0.2, 0) is 4.79 Å². The van der Waals surface area contributed by atoms with Gasteiger partial charge in [0.1, 0.15) is 10.8 Å². The molecule has 0 bridgehead atoms. The molecule has 1 aromatic heterocycles. The third kappa shape index (κ3) is 4.61. The van der Waals surface area contributed by atoms with E-state index in [9.17, 15) is 14.9 Å². The summed E-state index contributed by atoms with van der Waals surface area (Å²) >= 11 is 9.06. The average Bonchev–Trinajstić information content (AvgIpc) is 2.50. The number of nitro groups is 1. The summed E-state index contributed by atoms with van der Waals surface area (Å²) in [6, 6.07) is 7.74. The first-order valence-electron chi connectivity index (χ1n) is 6.43. The van der Waals surface area contributed by atoms with E-state index < -0.39 is 10.8 Å². The number of hydrogen-bond donors (Lipinski definition) is 1. The number of aryl methyl sites for hydroxylation is 1. The summed E-state index contributed by atoms with van der Waals surface area (Å²) in [5.41, 5.74) is 1.04. The fourth-order valence-electron chi connectivity index (χ4n) is 1.73. The van der Waals surface area contributed by atoms with E-state index in [1.165, 1.54) is 24.3 Å². The molecular weight excluding hydrogens is 386 g/mol. The maximum absolute atomic E-state index is 11.9. The lowest BCUT2D eigenvalue weighted by Crippen LogP contribution is -2.09. The minimum absolute atomic E-state index is 0.0474. The number of nitrogens with one attached hydrogen (secondary N) is 1. The van der Waals surface area contributed by atoms with Crippen LogP contribution in [0.4, 0.5) is 11.5 Å². The van der Waals surface area contributed by atoms with Crippen molar-refractivity contribution in [3.05, 3.63) is 67.3 Å². The molecule has 0 saturated carbocycles. The minimum Gasteiger partial charge on any atom is -0.307 e. The summed E-state index contributed by atoms with van der Waals surface area (Å²) in [5.74, 6) is 0.0271. The zero-order chi connectivity index (χ0) is 17.0. The number of hydrogen-bond acceptors (Lipinski definition) is 4. The minimum atomic E-state index is -0.575. The van der Waals surface area contributed by atoms with Crippen molar-refractivity contribution in [2.45, 2.75) is 6.92 Å². The summed E-state index contributed by atoms with van der Waals surface area (Å²) in [5, 5.41) is 13.5. The lowest BCUT2D eigenvalue weighted by molar-refractivity contribution is -0.384. The molecule has 8 heteroatoms. The van der Waals surface area contributed by atoms with Crippen LogP contribution in [0.2, 0.25) is 5.02 Å². The Balaban J connectivity index is 2.10. The molecule has 0 atom stereocenters. The monoisotopic (exact) mass is 395 g/mol. The second-order valence-electron chi connectivity index (χ2n) is 4.55. The van der Waals surface area contributed by atoms with Crippen molar-refractivity contribution >= 4 is 51.0 Å². The Morgan fingerprint density at radius 2 is 2.13 bits per heavy atom. The van der Waals surface area contributed by atoms with Crippen molar-refractivity contribution in [3.63, 3.8) is 0 Å². The second kappa shape index (κ2) is 7.34. The molecule has 1 heterocycles. The van der Waals surface area contributed by atoms with Gasteiger partial charge in [-0.1, -0.05) is 17.7 Å². The molecule has 0 saturated heterocycles. The van der Waals surface area contributed by atoms with E-state index in [-0.39, 0.29) is 10.7 Å². The van der Waals surface area contributed by atoms with E-state index in [4.69, 9.17) is 11.6 Å². The number of pyridine rings is 1. The highest BCUT2D eigenvalue weighted by Crippen LogP contribution is 2.25. The summed E-state index contributed by atoms with van der Waals surface area (Å²) in [6.07, 6.45) is 2.73. The number of rotatable bonds is 4. The van der Waals surface area contributed by atoms with Gasteiger partial charge in [0.25, 0.3) is 5.69 Å². The van der Waals surface area contributed by atoms with Crippen LogP contribution in [-0.4, -0.2) is 15.8 Å². The quantitative estimate of drug-likeness (QED) is 0.472. The molecule has 0 unspecified atom stereocenters. The van der Waals surface area contributed by atoms with Crippen LogP contribution in [0, 0.1) is 17.0 Å². The molecule has 1 amide bonds. The van der Waals surface area contributed by atoms with E-state index in [2.05, 4.69) is 26.2 Å². The lowest BCUT2D eigenvalue weighted by Gasteiger charge is -2.03. The highest BCUT2D eigenvalue weighted by Gasteiger charge is 2.11. The summed E-state index contributed by atoms with van der Waals surface area (Å²) in [7, 11) is 0. The first-order chi connectivity index (χ1) is 10.9. The maximum atomic E-state index is 11.9. The first-order valence-corrected chi connectivity index (χ1v) is 7.60. The molecule has 1 N–H and O–H groups in total. The van der Waals surface area contributed by atoms with Gasteiger partial charge in [0.05, 0.1) is 10.6 Å². The van der Waals surface area contributed by atoms with E-state index in [0.717, 1.165) is 10.2 Å². The number of carbonyl (C=O) groups excluding carboxylic acids is 1. The fourth-order valence-corrected chi connectivity index (χ4v) is 2.13. The molecule has 6 nitrogen and oxygen atoms in total. The summed E-state index contributed by atoms with van der Waals surface area (Å²) in [6.45, 7) is 1.81. The van der Waals surface area contributed by atoms with Crippen molar-refractivity contribution in [2.24, 2.45) is 0 Å². The van der Waals surface area contributed by atoms with Crippen LogP contribution in [0.5, 0.6) is 0 Å². The highest BCUT2D eigenvalue weighted by atomic mass is 79.9. The molecule has 1 aromatic carbocycles. The molecule has 0 aliphatic heterocycles. The highest BCUT2D eigenvalue weighted by molar-refractivity contribution is 9.10. The van der Waals surface area contributed by atoms with E-state index >= 15 is 0 Å². The molecule has 0 radical (unpaired) electrons. The second-order valence-corrected chi connectivity index (χ2v) is 5.82. The van der Waals surface area contributed by atoms with Crippen molar-refractivity contribution in [3.8, 4) is 0 Å². The van der Waals surface area contributed by atoms with Crippen molar-refractivity contribution in [1.82, 2.24) is 4.98 Å². The lowest BCUT2D eigenvalue weighted by atomic mass is 10.2. The van der Waals surface area contributed by atoms with E-state index in [1.807, 2.05) is 6.92 Å². The van der Waals surface area contributed by atoms with E-state index in [0.29, 0.717) is 11.4 Å². The zero-order valence-electron chi connectivity index (χ0n) is 11.9. The standard InChI is InChI=1S/C15H11BrClN3O3/c1-9-11(16)4-6-14(18-9)19-15(21)7-3-10-2-5-12(17)13(8-10)20(22)23/h2-8H,1H3,(H,18,19,21). The van der Waals surface area contributed by atoms with Crippen LogP contribution in [0.1, 0.15) is 11.3 Å². The molecule has 0 aliphatic carbocycles. The first kappa shape index (κ1) is 17.1. The predicted octanol–water partition coefficient (Wildman–Crippen LogP) is 4.37. The molecule has 0 spiro atoms. The van der Waals surface area contributed by atoms with Gasteiger partial charge in [0.15, 0.2) is 0 Å². The van der Waals surface area contributed by atoms with Gasteiger partial charge in [-0.05, 0) is 52.7 Å². The summed E-state index contributed by atoms with van der Waals surface area (Å²) in [4.78, 5) is 26.3. The van der Waals surface area contributed by atoms with Crippen LogP contribution < -0.4 is 5.32 Å². The van der Waals surface area contributed by atoms with Gasteiger partial charge in [-0.15, -0.1) is 0 Å². The van der Waals surface area contributed by atoms with Gasteiger partial charge in [0, 0.05) is 16.6 Å². The van der Waals surface area contributed by atoms with Crippen LogP contribution >= 0.6 is 27.5 Å². The van der Waals surface area contributed by atoms with Crippen LogP contribution in [0.3, 0.4) is 0 Å². The number of nitrogens with zero attached hydrogens (tertiary/aromatic N) is 2. The van der Waals surface area contributed by atoms with Crippen molar-refractivity contribution in [1.29, 1.82) is 0 Å². The Morgan fingerprint density at radius 1 is 1.39 bits per heavy atom. The molecule has 0 aliphatic rings. The third-order valence-corrected chi connectivity index (χ3v) is 4.02. The molecule has 2 rings (SSSR count). The Labute approximate surface area is 145 Å². The largest absolute Gasteiger partial charge is 0.307 e. The number of anilines is 1. The number of aromatic nitrogens is 1. The van der Waals surface area contributed by atoms with Gasteiger partial charge < -0.3 is 5.32 Å². The van der Waals surface area contributed by atoms with Crippen LogP contribution in [0.15, 0.2) is 40.9 Å². The molecular formula is C15H11BrClN3O3. The summed E-state index contributed by atoms with van der Waals surface area (Å²) < 4.78 is 0.847. The SMILES string of the molecule is Cc1nc(NC(=O)C=Cc2ccc(Cl)c([N+](=O)[O-])c2)ccc1Br. The maximum Gasteiger partial charge on any atom is 0.288 e.